The van der Waals surface area contributed by atoms with Crippen LogP contribution in [0.2, 0.25) is 0 Å². The molecule has 136 valence electrons. The highest BCUT2D eigenvalue weighted by molar-refractivity contribution is 7.97. The Balaban J connectivity index is 1.58. The summed E-state index contributed by atoms with van der Waals surface area (Å²) in [7, 11) is 1.91. The van der Waals surface area contributed by atoms with Crippen LogP contribution in [-0.4, -0.2) is 24.5 Å². The molecule has 2 N–H and O–H groups in total. The smallest absolute Gasteiger partial charge is 0.270 e. The van der Waals surface area contributed by atoms with Gasteiger partial charge in [-0.2, -0.15) is 0 Å². The zero-order valence-corrected chi connectivity index (χ0v) is 16.5. The molecule has 0 aliphatic heterocycles. The second-order valence-corrected chi connectivity index (χ2v) is 7.60. The van der Waals surface area contributed by atoms with Gasteiger partial charge in [-0.3, -0.25) is 9.52 Å². The van der Waals surface area contributed by atoms with Crippen molar-refractivity contribution in [2.24, 2.45) is 0 Å². The van der Waals surface area contributed by atoms with Gasteiger partial charge in [0.1, 0.15) is 5.69 Å². The molecule has 4 nitrogen and oxygen atoms in total. The number of carbonyl (C=O) groups excluding carboxylic acids is 1. The summed E-state index contributed by atoms with van der Waals surface area (Å²) in [5.74, 6) is 2.24. The predicted molar refractivity (Wildman–Crippen MR) is 113 cm³/mol. The van der Waals surface area contributed by atoms with E-state index < -0.39 is 0 Å². The Hall–Kier alpha value is -2.59. The van der Waals surface area contributed by atoms with Crippen LogP contribution < -0.4 is 10.0 Å². The molecule has 0 spiro atoms. The first-order chi connectivity index (χ1) is 13.2. The van der Waals surface area contributed by atoms with Crippen molar-refractivity contribution in [3.05, 3.63) is 70.2 Å². The number of thiazole rings is 1. The van der Waals surface area contributed by atoms with Gasteiger partial charge in [-0.15, -0.1) is 17.8 Å². The summed E-state index contributed by atoms with van der Waals surface area (Å²) in [4.78, 5) is 17.3. The molecule has 1 aromatic heterocycles. The number of benzene rings is 2. The average Bonchev–Trinajstić information content (AvgIpc) is 3.19. The number of hydrogen-bond acceptors (Lipinski definition) is 5. The lowest BCUT2D eigenvalue weighted by Crippen LogP contribution is -2.25. The summed E-state index contributed by atoms with van der Waals surface area (Å²) in [5.41, 5.74) is 3.91. The van der Waals surface area contributed by atoms with Crippen LogP contribution in [-0.2, 0) is 6.42 Å². The Morgan fingerprint density at radius 1 is 1.22 bits per heavy atom. The lowest BCUT2D eigenvalue weighted by molar-refractivity contribution is 0.0950. The second kappa shape index (κ2) is 9.38. The van der Waals surface area contributed by atoms with E-state index in [1.54, 1.807) is 17.3 Å². The molecule has 0 saturated carbocycles. The normalized spacial score (nSPS) is 10.4. The third-order valence-electron chi connectivity index (χ3n) is 3.92. The number of aromatic nitrogens is 1. The Labute approximate surface area is 167 Å². The predicted octanol–water partition coefficient (Wildman–Crippen LogP) is 3.99. The third kappa shape index (κ3) is 4.98. The van der Waals surface area contributed by atoms with Gasteiger partial charge in [-0.25, -0.2) is 4.98 Å². The fraction of sp³-hybridized carbons (Fsp3) is 0.143. The molecule has 1 heterocycles. The fourth-order valence-electron chi connectivity index (χ4n) is 2.61. The maximum absolute atomic E-state index is 12.1. The van der Waals surface area contributed by atoms with E-state index in [1.165, 1.54) is 32.9 Å². The van der Waals surface area contributed by atoms with Gasteiger partial charge >= 0.3 is 0 Å². The van der Waals surface area contributed by atoms with E-state index in [9.17, 15) is 4.79 Å². The van der Waals surface area contributed by atoms with Gasteiger partial charge in [0.15, 0.2) is 5.01 Å². The van der Waals surface area contributed by atoms with Crippen molar-refractivity contribution in [2.45, 2.75) is 11.3 Å². The van der Waals surface area contributed by atoms with Crippen molar-refractivity contribution in [1.29, 1.82) is 0 Å². The van der Waals surface area contributed by atoms with Crippen molar-refractivity contribution in [2.75, 3.05) is 13.6 Å². The van der Waals surface area contributed by atoms with Crippen molar-refractivity contribution in [3.8, 4) is 23.5 Å². The molecule has 0 aliphatic rings. The summed E-state index contributed by atoms with van der Waals surface area (Å²) in [6, 6.07) is 16.7. The minimum absolute atomic E-state index is 0.192. The Kier molecular flexibility index (Phi) is 6.66. The molecule has 0 bridgehead atoms. The minimum atomic E-state index is -0.192. The van der Waals surface area contributed by atoms with Gasteiger partial charge in [0.2, 0.25) is 0 Å². The lowest BCUT2D eigenvalue weighted by atomic mass is 10.0. The molecule has 6 heteroatoms. The molecule has 0 unspecified atom stereocenters. The van der Waals surface area contributed by atoms with Gasteiger partial charge in [-0.1, -0.05) is 42.5 Å². The molecule has 0 radical (unpaired) electrons. The molecular formula is C21H19N3OS2. The molecule has 0 aliphatic carbocycles. The van der Waals surface area contributed by atoms with Crippen LogP contribution in [0.1, 0.15) is 21.1 Å². The van der Waals surface area contributed by atoms with Gasteiger partial charge < -0.3 is 5.32 Å². The number of nitrogens with zero attached hydrogens (tertiary/aromatic N) is 1. The summed E-state index contributed by atoms with van der Waals surface area (Å²) in [6.45, 7) is 0.549. The van der Waals surface area contributed by atoms with Gasteiger partial charge in [-0.05, 0) is 54.1 Å². The van der Waals surface area contributed by atoms with Crippen LogP contribution in [0.5, 0.6) is 0 Å². The number of amides is 1. The van der Waals surface area contributed by atoms with E-state index in [1.807, 2.05) is 19.2 Å². The van der Waals surface area contributed by atoms with Crippen molar-refractivity contribution in [1.82, 2.24) is 15.0 Å². The maximum atomic E-state index is 12.1. The van der Waals surface area contributed by atoms with Crippen LogP contribution in [0.15, 0.2) is 58.8 Å². The highest BCUT2D eigenvalue weighted by Gasteiger charge is 2.09. The first-order valence-electron chi connectivity index (χ1n) is 8.43. The van der Waals surface area contributed by atoms with Crippen LogP contribution in [0.25, 0.3) is 11.1 Å². The second-order valence-electron chi connectivity index (χ2n) is 5.69. The monoisotopic (exact) mass is 393 g/mol. The summed E-state index contributed by atoms with van der Waals surface area (Å²) in [5, 5.41) is 5.08. The molecule has 3 aromatic rings. The highest BCUT2D eigenvalue weighted by atomic mass is 32.2. The van der Waals surface area contributed by atoms with E-state index in [4.69, 9.17) is 6.42 Å². The summed E-state index contributed by atoms with van der Waals surface area (Å²) in [6.07, 6.45) is 6.04. The first-order valence-corrected chi connectivity index (χ1v) is 10.1. The number of terminal acetylenes is 1. The number of rotatable bonds is 7. The van der Waals surface area contributed by atoms with Gasteiger partial charge in [0, 0.05) is 16.8 Å². The zero-order valence-electron chi connectivity index (χ0n) is 14.9. The van der Waals surface area contributed by atoms with Crippen LogP contribution >= 0.6 is 23.3 Å². The molecule has 2 aromatic carbocycles. The molecular weight excluding hydrogens is 374 g/mol. The SMILES string of the molecule is C#Cc1nc(C(=O)NCCc2ccc(-c3ccccc3SNC)cc2)cs1. The van der Waals surface area contributed by atoms with Crippen molar-refractivity contribution >= 4 is 29.2 Å². The Morgan fingerprint density at radius 3 is 2.70 bits per heavy atom. The number of hydrogen-bond donors (Lipinski definition) is 2. The lowest BCUT2D eigenvalue weighted by Gasteiger charge is -2.09. The molecule has 27 heavy (non-hydrogen) atoms. The quantitative estimate of drug-likeness (QED) is 0.471. The van der Waals surface area contributed by atoms with Gasteiger partial charge in [0.25, 0.3) is 5.91 Å². The largest absolute Gasteiger partial charge is 0.350 e. The molecule has 0 saturated heterocycles. The van der Waals surface area contributed by atoms with Gasteiger partial charge in [0.05, 0.1) is 0 Å². The van der Waals surface area contributed by atoms with E-state index >= 15 is 0 Å². The van der Waals surface area contributed by atoms with Crippen LogP contribution in [0, 0.1) is 12.3 Å². The third-order valence-corrected chi connectivity index (χ3v) is 5.48. The standard InChI is InChI=1S/C21H19N3OS2/c1-3-20-24-18(14-26-20)21(25)23-13-12-15-8-10-16(11-9-15)17-6-4-5-7-19(17)27-22-2/h1,4-11,14,22H,12-13H2,2H3,(H,23,25). The Bertz CT molecular complexity index is 958. The zero-order chi connectivity index (χ0) is 19.1. The maximum Gasteiger partial charge on any atom is 0.270 e. The summed E-state index contributed by atoms with van der Waals surface area (Å²) < 4.78 is 3.12. The number of carbonyl (C=O) groups is 1. The van der Waals surface area contributed by atoms with E-state index in [0.29, 0.717) is 17.2 Å². The van der Waals surface area contributed by atoms with Crippen molar-refractivity contribution in [3.63, 3.8) is 0 Å². The first kappa shape index (κ1) is 19.2. The molecule has 1 amide bonds. The molecule has 0 atom stereocenters. The fourth-order valence-corrected chi connectivity index (χ4v) is 3.87. The Morgan fingerprint density at radius 2 is 2.00 bits per heavy atom. The molecule has 0 fully saturated rings. The number of nitrogens with one attached hydrogen (secondary N) is 2. The van der Waals surface area contributed by atoms with E-state index in [2.05, 4.69) is 57.3 Å². The summed E-state index contributed by atoms with van der Waals surface area (Å²) >= 11 is 2.90. The van der Waals surface area contributed by atoms with E-state index in [0.717, 1.165) is 6.42 Å². The topological polar surface area (TPSA) is 54.0 Å². The average molecular weight is 394 g/mol. The van der Waals surface area contributed by atoms with Crippen molar-refractivity contribution < 1.29 is 4.79 Å². The van der Waals surface area contributed by atoms with E-state index in [-0.39, 0.29) is 5.91 Å². The highest BCUT2D eigenvalue weighted by Crippen LogP contribution is 2.29. The van der Waals surface area contributed by atoms with Crippen LogP contribution in [0.3, 0.4) is 0 Å². The minimum Gasteiger partial charge on any atom is -0.350 e. The molecule has 3 rings (SSSR count). The van der Waals surface area contributed by atoms with Crippen LogP contribution in [0.4, 0.5) is 0 Å².